The third-order valence-corrected chi connectivity index (χ3v) is 3.30. The smallest absolute Gasteiger partial charge is 0.0618 e. The van der Waals surface area contributed by atoms with E-state index in [2.05, 4.69) is 59.1 Å². The molecule has 0 aliphatic rings. The summed E-state index contributed by atoms with van der Waals surface area (Å²) in [5, 5.41) is 3.35. The predicted molar refractivity (Wildman–Crippen MR) is 82.7 cm³/mol. The number of halogens is 1. The average Bonchev–Trinajstić information content (AvgIpc) is 2.33. The Hall–Kier alpha value is -1.23. The van der Waals surface area contributed by atoms with E-state index in [0.29, 0.717) is 0 Å². The average molecular weight is 338 g/mol. The standard InChI is InChI=1S/C14H15IN2/c1-2-10-4-3-5-12(8-10)17-14-7-6-11(15)9-13(14)16/h3-9,17H,2,16H2,1H3. The van der Waals surface area contributed by atoms with E-state index in [1.165, 1.54) is 5.56 Å². The highest BCUT2D eigenvalue weighted by Gasteiger charge is 2.00. The summed E-state index contributed by atoms with van der Waals surface area (Å²) in [6.07, 6.45) is 1.04. The Bertz CT molecular complexity index is 523. The van der Waals surface area contributed by atoms with Crippen molar-refractivity contribution in [3.8, 4) is 0 Å². The maximum atomic E-state index is 5.97. The first-order chi connectivity index (χ1) is 8.19. The Balaban J connectivity index is 2.25. The van der Waals surface area contributed by atoms with E-state index in [1.54, 1.807) is 0 Å². The maximum Gasteiger partial charge on any atom is 0.0618 e. The molecule has 0 unspecified atom stereocenters. The minimum Gasteiger partial charge on any atom is -0.397 e. The van der Waals surface area contributed by atoms with Crippen LogP contribution in [0.5, 0.6) is 0 Å². The SMILES string of the molecule is CCc1cccc(Nc2ccc(I)cc2N)c1. The molecule has 17 heavy (non-hydrogen) atoms. The first kappa shape index (κ1) is 12.2. The number of benzene rings is 2. The number of rotatable bonds is 3. The van der Waals surface area contributed by atoms with Crippen LogP contribution in [0.3, 0.4) is 0 Å². The van der Waals surface area contributed by atoms with E-state index in [9.17, 15) is 0 Å². The van der Waals surface area contributed by atoms with Crippen molar-refractivity contribution in [1.29, 1.82) is 0 Å². The van der Waals surface area contributed by atoms with Gasteiger partial charge in [0.05, 0.1) is 11.4 Å². The van der Waals surface area contributed by atoms with Crippen molar-refractivity contribution in [3.63, 3.8) is 0 Å². The summed E-state index contributed by atoms with van der Waals surface area (Å²) in [4.78, 5) is 0. The Morgan fingerprint density at radius 3 is 2.71 bits per heavy atom. The molecule has 0 fully saturated rings. The minimum absolute atomic E-state index is 0.777. The number of anilines is 3. The quantitative estimate of drug-likeness (QED) is 0.651. The van der Waals surface area contributed by atoms with Crippen LogP contribution < -0.4 is 11.1 Å². The molecule has 2 aromatic carbocycles. The van der Waals surface area contributed by atoms with E-state index in [-0.39, 0.29) is 0 Å². The second-order valence-electron chi connectivity index (χ2n) is 3.91. The summed E-state index contributed by atoms with van der Waals surface area (Å²) in [6.45, 7) is 2.15. The van der Waals surface area contributed by atoms with Gasteiger partial charge in [0.15, 0.2) is 0 Å². The van der Waals surface area contributed by atoms with E-state index in [1.807, 2.05) is 18.2 Å². The second kappa shape index (κ2) is 5.40. The Morgan fingerprint density at radius 2 is 2.00 bits per heavy atom. The topological polar surface area (TPSA) is 38.0 Å². The van der Waals surface area contributed by atoms with Crippen molar-refractivity contribution in [2.24, 2.45) is 0 Å². The third kappa shape index (κ3) is 3.12. The van der Waals surface area contributed by atoms with Crippen molar-refractivity contribution in [1.82, 2.24) is 0 Å². The lowest BCUT2D eigenvalue weighted by Gasteiger charge is -2.10. The molecular weight excluding hydrogens is 323 g/mol. The molecule has 0 heterocycles. The fraction of sp³-hybridized carbons (Fsp3) is 0.143. The van der Waals surface area contributed by atoms with Gasteiger partial charge in [-0.1, -0.05) is 19.1 Å². The summed E-state index contributed by atoms with van der Waals surface area (Å²) < 4.78 is 1.15. The molecular formula is C14H15IN2. The minimum atomic E-state index is 0.777. The number of hydrogen-bond acceptors (Lipinski definition) is 2. The van der Waals surface area contributed by atoms with Crippen molar-refractivity contribution >= 4 is 39.7 Å². The van der Waals surface area contributed by atoms with E-state index < -0.39 is 0 Å². The summed E-state index contributed by atoms with van der Waals surface area (Å²) >= 11 is 2.26. The van der Waals surface area contributed by atoms with Crippen LogP contribution >= 0.6 is 22.6 Å². The largest absolute Gasteiger partial charge is 0.397 e. The molecule has 2 rings (SSSR count). The van der Waals surface area contributed by atoms with Crippen molar-refractivity contribution < 1.29 is 0 Å². The normalized spacial score (nSPS) is 10.2. The molecule has 88 valence electrons. The van der Waals surface area contributed by atoms with Crippen molar-refractivity contribution in [2.45, 2.75) is 13.3 Å². The van der Waals surface area contributed by atoms with Gasteiger partial charge in [0, 0.05) is 9.26 Å². The molecule has 0 spiro atoms. The summed E-state index contributed by atoms with van der Waals surface area (Å²) in [6, 6.07) is 14.4. The molecule has 0 radical (unpaired) electrons. The fourth-order valence-corrected chi connectivity index (χ4v) is 2.19. The molecule has 0 aromatic heterocycles. The van der Waals surface area contributed by atoms with Crippen LogP contribution in [0.15, 0.2) is 42.5 Å². The first-order valence-electron chi connectivity index (χ1n) is 5.60. The van der Waals surface area contributed by atoms with Gasteiger partial charge in [-0.15, -0.1) is 0 Å². The van der Waals surface area contributed by atoms with Gasteiger partial charge in [0.2, 0.25) is 0 Å². The summed E-state index contributed by atoms with van der Waals surface area (Å²) in [7, 11) is 0. The van der Waals surface area contributed by atoms with Crippen LogP contribution in [-0.2, 0) is 6.42 Å². The first-order valence-corrected chi connectivity index (χ1v) is 6.68. The molecule has 0 aliphatic heterocycles. The lowest BCUT2D eigenvalue weighted by Crippen LogP contribution is -1.97. The van der Waals surface area contributed by atoms with Crippen LogP contribution in [0.1, 0.15) is 12.5 Å². The van der Waals surface area contributed by atoms with Gasteiger partial charge < -0.3 is 11.1 Å². The van der Waals surface area contributed by atoms with E-state index in [0.717, 1.165) is 27.1 Å². The van der Waals surface area contributed by atoms with Crippen LogP contribution in [0.4, 0.5) is 17.1 Å². The van der Waals surface area contributed by atoms with E-state index in [4.69, 9.17) is 5.73 Å². The monoisotopic (exact) mass is 338 g/mol. The third-order valence-electron chi connectivity index (χ3n) is 2.63. The van der Waals surface area contributed by atoms with Gasteiger partial charge in [-0.2, -0.15) is 0 Å². The zero-order valence-electron chi connectivity index (χ0n) is 9.70. The molecule has 0 amide bonds. The fourth-order valence-electron chi connectivity index (χ4n) is 1.67. The Labute approximate surface area is 115 Å². The number of nitrogens with one attached hydrogen (secondary N) is 1. The molecule has 0 saturated heterocycles. The van der Waals surface area contributed by atoms with Gasteiger partial charge in [-0.05, 0) is 64.9 Å². The zero-order chi connectivity index (χ0) is 12.3. The van der Waals surface area contributed by atoms with Gasteiger partial charge in [-0.3, -0.25) is 0 Å². The summed E-state index contributed by atoms with van der Waals surface area (Å²) in [5.41, 5.74) is 10.1. The van der Waals surface area contributed by atoms with Gasteiger partial charge >= 0.3 is 0 Å². The van der Waals surface area contributed by atoms with Gasteiger partial charge in [-0.25, -0.2) is 0 Å². The van der Waals surface area contributed by atoms with Crippen LogP contribution in [0.2, 0.25) is 0 Å². The number of nitrogen functional groups attached to an aromatic ring is 1. The number of nitrogens with two attached hydrogens (primary N) is 1. The van der Waals surface area contributed by atoms with Crippen LogP contribution in [0, 0.1) is 3.57 Å². The highest BCUT2D eigenvalue weighted by Crippen LogP contribution is 2.25. The molecule has 0 atom stereocenters. The molecule has 2 aromatic rings. The zero-order valence-corrected chi connectivity index (χ0v) is 11.9. The molecule has 0 saturated carbocycles. The number of aryl methyl sites for hydroxylation is 1. The molecule has 3 N–H and O–H groups in total. The molecule has 0 aliphatic carbocycles. The number of hydrogen-bond donors (Lipinski definition) is 2. The highest BCUT2D eigenvalue weighted by atomic mass is 127. The Kier molecular flexibility index (Phi) is 3.89. The molecule has 0 bridgehead atoms. The summed E-state index contributed by atoms with van der Waals surface area (Å²) in [5.74, 6) is 0. The second-order valence-corrected chi connectivity index (χ2v) is 5.16. The van der Waals surface area contributed by atoms with Crippen LogP contribution in [0.25, 0.3) is 0 Å². The lowest BCUT2D eigenvalue weighted by atomic mass is 10.1. The lowest BCUT2D eigenvalue weighted by molar-refractivity contribution is 1.14. The Morgan fingerprint density at radius 1 is 1.18 bits per heavy atom. The van der Waals surface area contributed by atoms with Gasteiger partial charge in [0.1, 0.15) is 0 Å². The predicted octanol–water partition coefficient (Wildman–Crippen LogP) is 4.18. The van der Waals surface area contributed by atoms with Crippen molar-refractivity contribution in [3.05, 3.63) is 51.6 Å². The van der Waals surface area contributed by atoms with E-state index >= 15 is 0 Å². The van der Waals surface area contributed by atoms with Crippen LogP contribution in [-0.4, -0.2) is 0 Å². The highest BCUT2D eigenvalue weighted by molar-refractivity contribution is 14.1. The maximum absolute atomic E-state index is 5.97. The van der Waals surface area contributed by atoms with Crippen molar-refractivity contribution in [2.75, 3.05) is 11.1 Å². The molecule has 2 nitrogen and oxygen atoms in total. The molecule has 3 heteroatoms. The van der Waals surface area contributed by atoms with Gasteiger partial charge in [0.25, 0.3) is 0 Å².